The standard InChI is InChI=1S/C20H25ClN2O2S/c1-26-15-8-18(22-11-2-3-12-22)19(24)23-13-9-20(25,10-14-23)16-4-6-17(21)7-5-16/h2-7,11-12,18,25H,8-10,13-15H2,1H3. The molecule has 1 aromatic carbocycles. The first-order valence-electron chi connectivity index (χ1n) is 8.92. The van der Waals surface area contributed by atoms with Crippen LogP contribution in [0, 0.1) is 0 Å². The van der Waals surface area contributed by atoms with Crippen molar-refractivity contribution in [1.82, 2.24) is 9.47 Å². The summed E-state index contributed by atoms with van der Waals surface area (Å²) in [5.41, 5.74) is -0.0119. The summed E-state index contributed by atoms with van der Waals surface area (Å²) >= 11 is 7.70. The molecular formula is C20H25ClN2O2S. The topological polar surface area (TPSA) is 45.5 Å². The largest absolute Gasteiger partial charge is 0.385 e. The zero-order chi connectivity index (χ0) is 18.6. The van der Waals surface area contributed by atoms with Gasteiger partial charge >= 0.3 is 0 Å². The molecule has 1 aromatic heterocycles. The maximum Gasteiger partial charge on any atom is 0.245 e. The number of piperidine rings is 1. The molecule has 1 unspecified atom stereocenters. The number of carbonyl (C=O) groups excluding carboxylic acids is 1. The van der Waals surface area contributed by atoms with Gasteiger partial charge in [0.1, 0.15) is 6.04 Å². The molecule has 2 aromatic rings. The van der Waals surface area contributed by atoms with Gasteiger partial charge in [-0.25, -0.2) is 0 Å². The molecule has 1 saturated heterocycles. The van der Waals surface area contributed by atoms with E-state index in [4.69, 9.17) is 11.6 Å². The van der Waals surface area contributed by atoms with E-state index in [1.807, 2.05) is 46.1 Å². The molecule has 0 saturated carbocycles. The van der Waals surface area contributed by atoms with Crippen LogP contribution < -0.4 is 0 Å². The van der Waals surface area contributed by atoms with Gasteiger partial charge in [-0.15, -0.1) is 0 Å². The lowest BCUT2D eigenvalue weighted by atomic mass is 9.84. The van der Waals surface area contributed by atoms with Crippen molar-refractivity contribution in [3.8, 4) is 0 Å². The van der Waals surface area contributed by atoms with Gasteiger partial charge in [-0.1, -0.05) is 23.7 Å². The third kappa shape index (κ3) is 4.27. The minimum Gasteiger partial charge on any atom is -0.385 e. The molecule has 1 N–H and O–H groups in total. The number of rotatable bonds is 6. The predicted molar refractivity (Wildman–Crippen MR) is 108 cm³/mol. The van der Waals surface area contributed by atoms with Gasteiger partial charge in [0, 0.05) is 30.5 Å². The molecule has 3 rings (SSSR count). The smallest absolute Gasteiger partial charge is 0.245 e. The van der Waals surface area contributed by atoms with Crippen molar-refractivity contribution in [2.24, 2.45) is 0 Å². The van der Waals surface area contributed by atoms with Crippen LogP contribution in [0.5, 0.6) is 0 Å². The number of carbonyl (C=O) groups is 1. The van der Waals surface area contributed by atoms with Crippen LogP contribution in [-0.4, -0.2) is 45.6 Å². The highest BCUT2D eigenvalue weighted by Crippen LogP contribution is 2.34. The fraction of sp³-hybridized carbons (Fsp3) is 0.450. The Labute approximate surface area is 164 Å². The lowest BCUT2D eigenvalue weighted by Crippen LogP contribution is -2.47. The zero-order valence-electron chi connectivity index (χ0n) is 15.0. The van der Waals surface area contributed by atoms with Crippen molar-refractivity contribution in [2.75, 3.05) is 25.1 Å². The molecule has 2 heterocycles. The summed E-state index contributed by atoms with van der Waals surface area (Å²) < 4.78 is 2.00. The van der Waals surface area contributed by atoms with Gasteiger partial charge in [0.25, 0.3) is 0 Å². The summed E-state index contributed by atoms with van der Waals surface area (Å²) in [7, 11) is 0. The second-order valence-corrected chi connectivity index (χ2v) is 8.21. The molecule has 6 heteroatoms. The number of halogens is 1. The number of aliphatic hydroxyl groups is 1. The quantitative estimate of drug-likeness (QED) is 0.809. The van der Waals surface area contributed by atoms with Crippen LogP contribution in [0.15, 0.2) is 48.8 Å². The van der Waals surface area contributed by atoms with Gasteiger partial charge in [0.05, 0.1) is 5.60 Å². The summed E-state index contributed by atoms with van der Waals surface area (Å²) in [5.74, 6) is 1.09. The van der Waals surface area contributed by atoms with Crippen LogP contribution in [0.3, 0.4) is 0 Å². The third-order valence-electron chi connectivity index (χ3n) is 5.15. The Morgan fingerprint density at radius 1 is 1.23 bits per heavy atom. The van der Waals surface area contributed by atoms with Crippen molar-refractivity contribution in [1.29, 1.82) is 0 Å². The van der Waals surface area contributed by atoms with Gasteiger partial charge in [-0.2, -0.15) is 11.8 Å². The van der Waals surface area contributed by atoms with Crippen LogP contribution in [0.4, 0.5) is 0 Å². The van der Waals surface area contributed by atoms with Crippen LogP contribution in [0.1, 0.15) is 30.9 Å². The van der Waals surface area contributed by atoms with Crippen molar-refractivity contribution in [3.63, 3.8) is 0 Å². The van der Waals surface area contributed by atoms with Crippen molar-refractivity contribution in [2.45, 2.75) is 30.9 Å². The number of aromatic nitrogens is 1. The normalized spacial score (nSPS) is 17.9. The highest BCUT2D eigenvalue weighted by molar-refractivity contribution is 7.98. The Morgan fingerprint density at radius 3 is 2.42 bits per heavy atom. The lowest BCUT2D eigenvalue weighted by Gasteiger charge is -2.40. The summed E-state index contributed by atoms with van der Waals surface area (Å²) in [6.07, 6.45) is 7.87. The molecule has 1 fully saturated rings. The molecule has 1 atom stereocenters. The Balaban J connectivity index is 1.67. The van der Waals surface area contributed by atoms with Crippen LogP contribution in [0.2, 0.25) is 5.02 Å². The van der Waals surface area contributed by atoms with E-state index >= 15 is 0 Å². The molecule has 26 heavy (non-hydrogen) atoms. The van der Waals surface area contributed by atoms with Crippen LogP contribution in [0.25, 0.3) is 0 Å². The summed E-state index contributed by atoms with van der Waals surface area (Å²) in [4.78, 5) is 15.0. The first kappa shape index (κ1) is 19.3. The van der Waals surface area contributed by atoms with E-state index in [1.54, 1.807) is 23.9 Å². The van der Waals surface area contributed by atoms with E-state index in [0.29, 0.717) is 31.0 Å². The number of benzene rings is 1. The number of thioether (sulfide) groups is 1. The highest BCUT2D eigenvalue weighted by atomic mass is 35.5. The Hall–Kier alpha value is -1.43. The molecule has 4 nitrogen and oxygen atoms in total. The van der Waals surface area contributed by atoms with E-state index in [2.05, 4.69) is 6.26 Å². The van der Waals surface area contributed by atoms with Gasteiger partial charge in [-0.05, 0) is 61.1 Å². The molecular weight excluding hydrogens is 368 g/mol. The third-order valence-corrected chi connectivity index (χ3v) is 6.05. The molecule has 0 bridgehead atoms. The average molecular weight is 393 g/mol. The van der Waals surface area contributed by atoms with Crippen molar-refractivity contribution < 1.29 is 9.90 Å². The fourth-order valence-corrected chi connectivity index (χ4v) is 4.13. The minimum atomic E-state index is -0.885. The first-order valence-corrected chi connectivity index (χ1v) is 10.7. The maximum atomic E-state index is 13.1. The molecule has 0 spiro atoms. The molecule has 1 aliphatic rings. The van der Waals surface area contributed by atoms with Gasteiger partial charge in [0.2, 0.25) is 5.91 Å². The van der Waals surface area contributed by atoms with E-state index < -0.39 is 5.60 Å². The highest BCUT2D eigenvalue weighted by Gasteiger charge is 2.37. The number of hydrogen-bond donors (Lipinski definition) is 1. The van der Waals surface area contributed by atoms with Crippen LogP contribution in [-0.2, 0) is 10.4 Å². The molecule has 1 aliphatic heterocycles. The Kier molecular flexibility index (Phi) is 6.33. The molecule has 0 aliphatic carbocycles. The van der Waals surface area contributed by atoms with Crippen molar-refractivity contribution >= 4 is 29.3 Å². The molecule has 1 amide bonds. The van der Waals surface area contributed by atoms with Gasteiger partial charge in [-0.3, -0.25) is 4.79 Å². The lowest BCUT2D eigenvalue weighted by molar-refractivity contribution is -0.139. The SMILES string of the molecule is CSCCC(C(=O)N1CCC(O)(c2ccc(Cl)cc2)CC1)n1cccc1. The minimum absolute atomic E-state index is 0.147. The van der Waals surface area contributed by atoms with E-state index in [9.17, 15) is 9.90 Å². The predicted octanol–water partition coefficient (Wildman–Crippen LogP) is 3.95. The molecule has 0 radical (unpaired) electrons. The Morgan fingerprint density at radius 2 is 1.85 bits per heavy atom. The number of likely N-dealkylation sites (tertiary alicyclic amines) is 1. The average Bonchev–Trinajstić information content (AvgIpc) is 3.17. The monoisotopic (exact) mass is 392 g/mol. The maximum absolute atomic E-state index is 13.1. The second-order valence-electron chi connectivity index (χ2n) is 6.79. The zero-order valence-corrected chi connectivity index (χ0v) is 16.5. The number of hydrogen-bond acceptors (Lipinski definition) is 3. The molecule has 140 valence electrons. The number of nitrogens with zero attached hydrogens (tertiary/aromatic N) is 2. The number of amides is 1. The summed E-state index contributed by atoms with van der Waals surface area (Å²) in [5, 5.41) is 11.7. The fourth-order valence-electron chi connectivity index (χ4n) is 3.54. The van der Waals surface area contributed by atoms with E-state index in [0.717, 1.165) is 17.7 Å². The Bertz CT molecular complexity index is 710. The van der Waals surface area contributed by atoms with Crippen LogP contribution >= 0.6 is 23.4 Å². The van der Waals surface area contributed by atoms with Gasteiger partial charge < -0.3 is 14.6 Å². The van der Waals surface area contributed by atoms with Gasteiger partial charge in [0.15, 0.2) is 0 Å². The summed E-state index contributed by atoms with van der Waals surface area (Å²) in [6, 6.07) is 11.1. The van der Waals surface area contributed by atoms with E-state index in [-0.39, 0.29) is 11.9 Å². The first-order chi connectivity index (χ1) is 12.5. The summed E-state index contributed by atoms with van der Waals surface area (Å²) in [6.45, 7) is 1.13. The van der Waals surface area contributed by atoms with Crippen molar-refractivity contribution in [3.05, 3.63) is 59.4 Å². The van der Waals surface area contributed by atoms with E-state index in [1.165, 1.54) is 0 Å². The second kappa shape index (κ2) is 8.51.